The van der Waals surface area contributed by atoms with E-state index in [-0.39, 0.29) is 5.41 Å². The van der Waals surface area contributed by atoms with Crippen molar-refractivity contribution in [3.05, 3.63) is 95.1 Å². The maximum absolute atomic E-state index is 2.52. The fraction of sp³-hybridized carbons (Fsp3) is 0.257. The summed E-state index contributed by atoms with van der Waals surface area (Å²) in [5.41, 5.74) is 8.54. The van der Waals surface area contributed by atoms with Crippen molar-refractivity contribution in [2.24, 2.45) is 0 Å². The van der Waals surface area contributed by atoms with Gasteiger partial charge in [0.05, 0.1) is 0 Å². The molecule has 0 spiro atoms. The van der Waals surface area contributed by atoms with Crippen LogP contribution >= 0.6 is 0 Å². The van der Waals surface area contributed by atoms with Crippen LogP contribution in [-0.2, 0) is 5.41 Å². The molecule has 0 unspecified atom stereocenters. The Morgan fingerprint density at radius 2 is 1.23 bits per heavy atom. The second-order valence-corrected chi connectivity index (χ2v) is 11.8. The topological polar surface area (TPSA) is 0 Å². The van der Waals surface area contributed by atoms with Gasteiger partial charge in [-0.15, -0.1) is 0 Å². The lowest BCUT2D eigenvalue weighted by Gasteiger charge is -2.37. The van der Waals surface area contributed by atoms with Crippen LogP contribution in [0.5, 0.6) is 0 Å². The lowest BCUT2D eigenvalue weighted by molar-refractivity contribution is 0.647. The van der Waals surface area contributed by atoms with E-state index in [2.05, 4.69) is 114 Å². The Kier molecular flexibility index (Phi) is 4.10. The van der Waals surface area contributed by atoms with E-state index in [4.69, 9.17) is 0 Å². The summed E-state index contributed by atoms with van der Waals surface area (Å²) >= 11 is 0. The van der Waals surface area contributed by atoms with E-state index in [0.29, 0.717) is 11.8 Å². The molecule has 0 nitrogen and oxygen atoms in total. The highest BCUT2D eigenvalue weighted by atomic mass is 14.4. The van der Waals surface area contributed by atoms with E-state index in [1.54, 1.807) is 0 Å². The summed E-state index contributed by atoms with van der Waals surface area (Å²) in [5, 5.41) is 11.2. The first-order valence-electron chi connectivity index (χ1n) is 13.1. The van der Waals surface area contributed by atoms with E-state index >= 15 is 0 Å². The fourth-order valence-corrected chi connectivity index (χ4v) is 6.73. The molecule has 0 aromatic heterocycles. The second kappa shape index (κ2) is 6.85. The predicted octanol–water partition coefficient (Wildman–Crippen LogP) is 10.3. The van der Waals surface area contributed by atoms with Gasteiger partial charge in [-0.3, -0.25) is 0 Å². The number of hydrogen-bond acceptors (Lipinski definition) is 0. The maximum atomic E-state index is 2.52. The first-order valence-corrected chi connectivity index (χ1v) is 13.1. The zero-order valence-electron chi connectivity index (χ0n) is 21.6. The Morgan fingerprint density at radius 1 is 0.543 bits per heavy atom. The molecule has 35 heavy (non-hydrogen) atoms. The highest BCUT2D eigenvalue weighted by molar-refractivity contribution is 6.28. The van der Waals surface area contributed by atoms with Gasteiger partial charge in [-0.05, 0) is 113 Å². The van der Waals surface area contributed by atoms with Crippen molar-refractivity contribution in [3.8, 4) is 11.1 Å². The zero-order chi connectivity index (χ0) is 24.2. The molecule has 0 radical (unpaired) electrons. The molecule has 1 aliphatic rings. The number of fused-ring (bicyclic) bond motifs is 3. The van der Waals surface area contributed by atoms with E-state index in [1.807, 2.05) is 0 Å². The van der Waals surface area contributed by atoms with Crippen LogP contribution in [0.15, 0.2) is 72.8 Å². The Bertz CT molecular complexity index is 1810. The third-order valence-corrected chi connectivity index (χ3v) is 8.68. The van der Waals surface area contributed by atoms with Crippen molar-refractivity contribution in [2.45, 2.75) is 58.8 Å². The van der Waals surface area contributed by atoms with Gasteiger partial charge in [-0.2, -0.15) is 0 Å². The molecular formula is C35H32. The minimum Gasteiger partial charge on any atom is -0.0616 e. The van der Waals surface area contributed by atoms with Crippen LogP contribution in [0, 0.1) is 0 Å². The molecule has 0 aliphatic heterocycles. The summed E-state index contributed by atoms with van der Waals surface area (Å²) in [6.07, 6.45) is 0. The van der Waals surface area contributed by atoms with Crippen LogP contribution in [0.1, 0.15) is 75.6 Å². The van der Waals surface area contributed by atoms with Crippen LogP contribution < -0.4 is 0 Å². The molecule has 0 saturated carbocycles. The summed E-state index contributed by atoms with van der Waals surface area (Å²) in [6.45, 7) is 14.1. The first kappa shape index (κ1) is 20.9. The average Bonchev–Trinajstić information content (AvgIpc) is 2.84. The van der Waals surface area contributed by atoms with Gasteiger partial charge < -0.3 is 0 Å². The molecule has 0 N–H and O–H groups in total. The molecule has 0 heterocycles. The Morgan fingerprint density at radius 3 is 1.94 bits per heavy atom. The highest BCUT2D eigenvalue weighted by Gasteiger charge is 2.35. The molecule has 0 heteroatoms. The monoisotopic (exact) mass is 452 g/mol. The molecular weight excluding hydrogens is 420 g/mol. The molecule has 0 fully saturated rings. The van der Waals surface area contributed by atoms with Gasteiger partial charge in [-0.25, -0.2) is 0 Å². The van der Waals surface area contributed by atoms with Crippen molar-refractivity contribution >= 4 is 43.1 Å². The fourth-order valence-electron chi connectivity index (χ4n) is 6.73. The van der Waals surface area contributed by atoms with Gasteiger partial charge >= 0.3 is 0 Å². The van der Waals surface area contributed by atoms with Crippen molar-refractivity contribution in [1.82, 2.24) is 0 Å². The SMILES string of the molecule is CC(C)c1cc2ccc3c(C(C)C)cc4c5c(cc(c1)c2c35)C(C)(C)c1cc2ccccc2cc1-4. The molecule has 172 valence electrons. The normalized spacial score (nSPS) is 14.7. The third-order valence-electron chi connectivity index (χ3n) is 8.68. The van der Waals surface area contributed by atoms with Crippen molar-refractivity contribution in [2.75, 3.05) is 0 Å². The molecule has 0 atom stereocenters. The van der Waals surface area contributed by atoms with Crippen LogP contribution in [-0.4, -0.2) is 0 Å². The van der Waals surface area contributed by atoms with E-state index < -0.39 is 0 Å². The summed E-state index contributed by atoms with van der Waals surface area (Å²) in [6, 6.07) is 28.4. The van der Waals surface area contributed by atoms with Gasteiger partial charge in [-0.1, -0.05) is 90.1 Å². The Balaban J connectivity index is 1.76. The number of rotatable bonds is 2. The minimum absolute atomic E-state index is 0.0771. The quantitative estimate of drug-likeness (QED) is 0.229. The average molecular weight is 453 g/mol. The van der Waals surface area contributed by atoms with Crippen LogP contribution in [0.25, 0.3) is 54.2 Å². The first-order chi connectivity index (χ1) is 16.8. The van der Waals surface area contributed by atoms with Gasteiger partial charge in [0.15, 0.2) is 0 Å². The van der Waals surface area contributed by atoms with Crippen molar-refractivity contribution < 1.29 is 0 Å². The van der Waals surface area contributed by atoms with Gasteiger partial charge in [0.2, 0.25) is 0 Å². The Labute approximate surface area is 207 Å². The molecule has 0 saturated heterocycles. The molecule has 6 aromatic rings. The molecule has 1 aliphatic carbocycles. The lowest BCUT2D eigenvalue weighted by Crippen LogP contribution is -2.24. The second-order valence-electron chi connectivity index (χ2n) is 11.8. The summed E-state index contributed by atoms with van der Waals surface area (Å²) in [7, 11) is 0. The predicted molar refractivity (Wildman–Crippen MR) is 153 cm³/mol. The number of benzene rings is 6. The Hall–Kier alpha value is -3.38. The molecule has 7 rings (SSSR count). The van der Waals surface area contributed by atoms with E-state index in [1.165, 1.54) is 76.5 Å². The van der Waals surface area contributed by atoms with Crippen LogP contribution in [0.3, 0.4) is 0 Å². The van der Waals surface area contributed by atoms with Crippen LogP contribution in [0.4, 0.5) is 0 Å². The van der Waals surface area contributed by atoms with Gasteiger partial charge in [0.1, 0.15) is 0 Å². The van der Waals surface area contributed by atoms with Crippen LogP contribution in [0.2, 0.25) is 0 Å². The van der Waals surface area contributed by atoms with Gasteiger partial charge in [0, 0.05) is 5.41 Å². The summed E-state index contributed by atoms with van der Waals surface area (Å²) in [5.74, 6) is 0.972. The highest BCUT2D eigenvalue weighted by Crippen LogP contribution is 2.54. The molecule has 0 bridgehead atoms. The van der Waals surface area contributed by atoms with Gasteiger partial charge in [0.25, 0.3) is 0 Å². The van der Waals surface area contributed by atoms with Crippen molar-refractivity contribution in [3.63, 3.8) is 0 Å². The van der Waals surface area contributed by atoms with E-state index in [0.717, 1.165) is 0 Å². The minimum atomic E-state index is -0.0771. The van der Waals surface area contributed by atoms with Crippen molar-refractivity contribution in [1.29, 1.82) is 0 Å². The largest absolute Gasteiger partial charge is 0.0616 e. The standard InChI is InChI=1S/C35H32/c1-19(2)24-13-23-11-12-26-27(20(3)4)18-29-28-15-21-9-7-8-10-22(21)16-30(28)35(5,6)31-17-25(14-24)32(23)34(26)33(29)31/h7-20H,1-6H3. The number of hydrogen-bond donors (Lipinski definition) is 0. The maximum Gasteiger partial charge on any atom is 0.0159 e. The summed E-state index contributed by atoms with van der Waals surface area (Å²) in [4.78, 5) is 0. The molecule has 0 amide bonds. The zero-order valence-corrected chi connectivity index (χ0v) is 21.6. The third kappa shape index (κ3) is 2.69. The lowest BCUT2D eigenvalue weighted by atomic mass is 9.66. The summed E-state index contributed by atoms with van der Waals surface area (Å²) < 4.78 is 0. The smallest absolute Gasteiger partial charge is 0.0159 e. The molecule has 6 aromatic carbocycles. The van der Waals surface area contributed by atoms with E-state index in [9.17, 15) is 0 Å².